The van der Waals surface area contributed by atoms with Crippen molar-refractivity contribution in [2.75, 3.05) is 32.8 Å². The third kappa shape index (κ3) is 5.06. The molecule has 2 aromatic rings. The summed E-state index contributed by atoms with van der Waals surface area (Å²) in [6.45, 7) is 6.02. The van der Waals surface area contributed by atoms with Crippen molar-refractivity contribution >= 4 is 21.8 Å². The topological polar surface area (TPSA) is 50.8 Å². The molecule has 0 radical (unpaired) electrons. The van der Waals surface area contributed by atoms with Gasteiger partial charge in [0.15, 0.2) is 0 Å². The summed E-state index contributed by atoms with van der Waals surface area (Å²) in [4.78, 5) is 15.0. The van der Waals surface area contributed by atoms with Crippen molar-refractivity contribution in [3.8, 4) is 11.5 Å². The van der Waals surface area contributed by atoms with E-state index in [4.69, 9.17) is 9.47 Å². The largest absolute Gasteiger partial charge is 0.456 e. The fraction of sp³-hybridized carbons (Fsp3) is 0.350. The molecule has 1 aliphatic heterocycles. The molecule has 1 unspecified atom stereocenters. The first-order valence-electron chi connectivity index (χ1n) is 8.76. The number of para-hydroxylation sites is 1. The smallest absolute Gasteiger partial charge is 0.255 e. The molecule has 1 fully saturated rings. The Labute approximate surface area is 162 Å². The van der Waals surface area contributed by atoms with Crippen LogP contribution in [0.25, 0.3) is 0 Å². The number of morpholine rings is 1. The Balaban J connectivity index is 1.63. The van der Waals surface area contributed by atoms with Crippen LogP contribution >= 0.6 is 15.9 Å². The van der Waals surface area contributed by atoms with Crippen LogP contribution in [0.3, 0.4) is 0 Å². The second kappa shape index (κ2) is 9.16. The number of amides is 1. The predicted molar refractivity (Wildman–Crippen MR) is 105 cm³/mol. The van der Waals surface area contributed by atoms with Crippen LogP contribution in [-0.4, -0.2) is 49.7 Å². The average molecular weight is 419 g/mol. The van der Waals surface area contributed by atoms with Gasteiger partial charge in [0.25, 0.3) is 5.91 Å². The van der Waals surface area contributed by atoms with Crippen molar-refractivity contribution in [3.63, 3.8) is 0 Å². The first-order chi connectivity index (χ1) is 12.6. The number of benzene rings is 2. The molecule has 3 rings (SSSR count). The average Bonchev–Trinajstić information content (AvgIpc) is 2.67. The lowest BCUT2D eigenvalue weighted by Gasteiger charge is -2.32. The molecule has 6 heteroatoms. The van der Waals surface area contributed by atoms with Gasteiger partial charge in [-0.2, -0.15) is 0 Å². The summed E-state index contributed by atoms with van der Waals surface area (Å²) < 4.78 is 12.2. The molecule has 0 bridgehead atoms. The van der Waals surface area contributed by atoms with E-state index in [-0.39, 0.29) is 11.9 Å². The van der Waals surface area contributed by atoms with Gasteiger partial charge >= 0.3 is 0 Å². The lowest BCUT2D eigenvalue weighted by Crippen LogP contribution is -2.47. The van der Waals surface area contributed by atoms with Crippen LogP contribution in [0.5, 0.6) is 11.5 Å². The molecule has 1 aliphatic rings. The van der Waals surface area contributed by atoms with E-state index in [1.165, 1.54) is 0 Å². The zero-order chi connectivity index (χ0) is 18.4. The quantitative estimate of drug-likeness (QED) is 0.776. The molecule has 0 aromatic heterocycles. The molecule has 0 aliphatic carbocycles. The molecule has 1 atom stereocenters. The zero-order valence-electron chi connectivity index (χ0n) is 14.8. The summed E-state index contributed by atoms with van der Waals surface area (Å²) in [5.41, 5.74) is 0.529. The lowest BCUT2D eigenvalue weighted by atomic mass is 10.1. The number of hydrogen-bond donors (Lipinski definition) is 1. The van der Waals surface area contributed by atoms with E-state index < -0.39 is 0 Å². The predicted octanol–water partition coefficient (Wildman–Crippen LogP) is 3.69. The third-order valence-electron chi connectivity index (χ3n) is 4.38. The summed E-state index contributed by atoms with van der Waals surface area (Å²) in [7, 11) is 0. The van der Waals surface area contributed by atoms with E-state index in [0.29, 0.717) is 23.6 Å². The second-order valence-electron chi connectivity index (χ2n) is 6.26. The highest BCUT2D eigenvalue weighted by atomic mass is 79.9. The number of nitrogens with one attached hydrogen (secondary N) is 1. The van der Waals surface area contributed by atoms with Crippen LogP contribution in [0.4, 0.5) is 0 Å². The fourth-order valence-electron chi connectivity index (χ4n) is 2.88. The van der Waals surface area contributed by atoms with E-state index in [1.807, 2.05) is 36.4 Å². The Kier molecular flexibility index (Phi) is 6.66. The van der Waals surface area contributed by atoms with E-state index in [9.17, 15) is 4.79 Å². The van der Waals surface area contributed by atoms with Crippen molar-refractivity contribution < 1.29 is 14.3 Å². The van der Waals surface area contributed by atoms with Gasteiger partial charge in [-0.1, -0.05) is 34.1 Å². The maximum Gasteiger partial charge on any atom is 0.255 e. The van der Waals surface area contributed by atoms with Gasteiger partial charge in [-0.05, 0) is 37.3 Å². The molecular weight excluding hydrogens is 396 g/mol. The Hall–Kier alpha value is -1.89. The maximum absolute atomic E-state index is 12.7. The summed E-state index contributed by atoms with van der Waals surface area (Å²) in [5.74, 6) is 1.10. The summed E-state index contributed by atoms with van der Waals surface area (Å²) in [6.07, 6.45) is 0. The van der Waals surface area contributed by atoms with Gasteiger partial charge in [-0.15, -0.1) is 0 Å². The standard InChI is InChI=1S/C20H23BrN2O3/c1-15(23-9-11-25-12-10-23)14-22-20(24)18-7-2-3-8-19(18)26-17-6-4-5-16(21)13-17/h2-8,13,15H,9-12,14H2,1H3,(H,22,24). The molecule has 5 nitrogen and oxygen atoms in total. The maximum atomic E-state index is 12.7. The zero-order valence-corrected chi connectivity index (χ0v) is 16.4. The Bertz CT molecular complexity index is 747. The number of carbonyl (C=O) groups excluding carboxylic acids is 1. The second-order valence-corrected chi connectivity index (χ2v) is 7.18. The number of carbonyl (C=O) groups is 1. The van der Waals surface area contributed by atoms with Gasteiger partial charge in [0.05, 0.1) is 18.8 Å². The van der Waals surface area contributed by atoms with Gasteiger partial charge < -0.3 is 14.8 Å². The molecule has 1 amide bonds. The van der Waals surface area contributed by atoms with Crippen molar-refractivity contribution in [2.45, 2.75) is 13.0 Å². The van der Waals surface area contributed by atoms with Crippen LogP contribution in [0.2, 0.25) is 0 Å². The van der Waals surface area contributed by atoms with Crippen LogP contribution < -0.4 is 10.1 Å². The first kappa shape index (κ1) is 18.9. The van der Waals surface area contributed by atoms with Crippen molar-refractivity contribution in [2.24, 2.45) is 0 Å². The van der Waals surface area contributed by atoms with Gasteiger partial charge in [-0.25, -0.2) is 0 Å². The summed E-state index contributed by atoms with van der Waals surface area (Å²) >= 11 is 3.43. The lowest BCUT2D eigenvalue weighted by molar-refractivity contribution is 0.0204. The Morgan fingerprint density at radius 1 is 1.23 bits per heavy atom. The number of nitrogens with zero attached hydrogens (tertiary/aromatic N) is 1. The van der Waals surface area contributed by atoms with Crippen LogP contribution in [0.15, 0.2) is 53.0 Å². The molecule has 2 aromatic carbocycles. The number of hydrogen-bond acceptors (Lipinski definition) is 4. The van der Waals surface area contributed by atoms with Crippen molar-refractivity contribution in [1.29, 1.82) is 0 Å². The highest BCUT2D eigenvalue weighted by Gasteiger charge is 2.19. The fourth-order valence-corrected chi connectivity index (χ4v) is 3.26. The minimum Gasteiger partial charge on any atom is -0.456 e. The van der Waals surface area contributed by atoms with Gasteiger partial charge in [0.1, 0.15) is 11.5 Å². The van der Waals surface area contributed by atoms with E-state index in [0.717, 1.165) is 30.8 Å². The van der Waals surface area contributed by atoms with Gasteiger partial charge in [0, 0.05) is 30.1 Å². The van der Waals surface area contributed by atoms with Crippen molar-refractivity contribution in [1.82, 2.24) is 10.2 Å². The van der Waals surface area contributed by atoms with Crippen LogP contribution in [0, 0.1) is 0 Å². The molecule has 138 valence electrons. The van der Waals surface area contributed by atoms with Gasteiger partial charge in [0.2, 0.25) is 0 Å². The monoisotopic (exact) mass is 418 g/mol. The first-order valence-corrected chi connectivity index (χ1v) is 9.55. The molecule has 1 N–H and O–H groups in total. The molecule has 1 heterocycles. The summed E-state index contributed by atoms with van der Waals surface area (Å²) in [6, 6.07) is 15.1. The SMILES string of the molecule is CC(CNC(=O)c1ccccc1Oc1cccc(Br)c1)N1CCOCC1. The molecular formula is C20H23BrN2O3. The van der Waals surface area contributed by atoms with Crippen LogP contribution in [0.1, 0.15) is 17.3 Å². The molecule has 1 saturated heterocycles. The summed E-state index contributed by atoms with van der Waals surface area (Å²) in [5, 5.41) is 3.02. The normalized spacial score (nSPS) is 16.1. The molecule has 0 saturated carbocycles. The van der Waals surface area contributed by atoms with E-state index in [2.05, 4.69) is 33.1 Å². The highest BCUT2D eigenvalue weighted by molar-refractivity contribution is 9.10. The van der Waals surface area contributed by atoms with Crippen LogP contribution in [-0.2, 0) is 4.74 Å². The minimum atomic E-state index is -0.129. The number of halogens is 1. The van der Waals surface area contributed by atoms with E-state index >= 15 is 0 Å². The molecule has 26 heavy (non-hydrogen) atoms. The number of rotatable bonds is 6. The van der Waals surface area contributed by atoms with Crippen molar-refractivity contribution in [3.05, 3.63) is 58.6 Å². The van der Waals surface area contributed by atoms with Gasteiger partial charge in [-0.3, -0.25) is 9.69 Å². The minimum absolute atomic E-state index is 0.129. The number of ether oxygens (including phenoxy) is 2. The Morgan fingerprint density at radius 2 is 2.00 bits per heavy atom. The highest BCUT2D eigenvalue weighted by Crippen LogP contribution is 2.27. The Morgan fingerprint density at radius 3 is 2.77 bits per heavy atom. The third-order valence-corrected chi connectivity index (χ3v) is 4.88. The molecule has 0 spiro atoms. The van der Waals surface area contributed by atoms with E-state index in [1.54, 1.807) is 12.1 Å².